The van der Waals surface area contributed by atoms with Crippen LogP contribution in [-0.4, -0.2) is 56.6 Å². The van der Waals surface area contributed by atoms with Gasteiger partial charge in [-0.2, -0.15) is 0 Å². The SMILES string of the molecule is Cc1cccnc1-n1c(C)cc(C2C(c3ccccn3)NC(=S)N2CCN(C)C)c1C. The lowest BCUT2D eigenvalue weighted by Crippen LogP contribution is -2.35. The van der Waals surface area contributed by atoms with Gasteiger partial charge >= 0.3 is 0 Å². The second kappa shape index (κ2) is 8.77. The van der Waals surface area contributed by atoms with Crippen LogP contribution in [0.2, 0.25) is 0 Å². The molecule has 2 unspecified atom stereocenters. The largest absolute Gasteiger partial charge is 0.352 e. The number of aryl methyl sites for hydroxylation is 2. The Kier molecular flexibility index (Phi) is 6.07. The Hall–Kier alpha value is -2.77. The van der Waals surface area contributed by atoms with Crippen molar-refractivity contribution in [2.45, 2.75) is 32.9 Å². The number of aromatic nitrogens is 3. The maximum atomic E-state index is 5.79. The zero-order chi connectivity index (χ0) is 22.1. The summed E-state index contributed by atoms with van der Waals surface area (Å²) in [4.78, 5) is 13.8. The summed E-state index contributed by atoms with van der Waals surface area (Å²) >= 11 is 5.79. The minimum absolute atomic E-state index is 0.00496. The van der Waals surface area contributed by atoms with Gasteiger partial charge in [0, 0.05) is 36.9 Å². The van der Waals surface area contributed by atoms with Crippen molar-refractivity contribution in [2.75, 3.05) is 27.2 Å². The highest BCUT2D eigenvalue weighted by molar-refractivity contribution is 7.80. The Morgan fingerprint density at radius 1 is 1.06 bits per heavy atom. The highest BCUT2D eigenvalue weighted by Crippen LogP contribution is 2.41. The van der Waals surface area contributed by atoms with Crippen LogP contribution in [-0.2, 0) is 0 Å². The van der Waals surface area contributed by atoms with E-state index in [-0.39, 0.29) is 12.1 Å². The molecule has 3 aromatic rings. The van der Waals surface area contributed by atoms with E-state index in [1.54, 1.807) is 0 Å². The molecular weight excluding hydrogens is 404 g/mol. The summed E-state index contributed by atoms with van der Waals surface area (Å²) in [6.45, 7) is 8.19. The quantitative estimate of drug-likeness (QED) is 0.597. The van der Waals surface area contributed by atoms with Gasteiger partial charge in [-0.1, -0.05) is 12.1 Å². The minimum atomic E-state index is -0.00496. The Morgan fingerprint density at radius 3 is 2.52 bits per heavy atom. The van der Waals surface area contributed by atoms with E-state index in [9.17, 15) is 0 Å². The Labute approximate surface area is 189 Å². The number of thiocarbonyl (C=S) groups is 1. The maximum Gasteiger partial charge on any atom is 0.170 e. The highest BCUT2D eigenvalue weighted by Gasteiger charge is 2.41. The van der Waals surface area contributed by atoms with Gasteiger partial charge in [0.25, 0.3) is 0 Å². The third-order valence-electron chi connectivity index (χ3n) is 5.97. The van der Waals surface area contributed by atoms with Crippen LogP contribution in [0, 0.1) is 20.8 Å². The molecule has 1 saturated heterocycles. The van der Waals surface area contributed by atoms with E-state index in [4.69, 9.17) is 12.2 Å². The van der Waals surface area contributed by atoms with Gasteiger partial charge in [0.1, 0.15) is 5.82 Å². The lowest BCUT2D eigenvalue weighted by atomic mass is 9.97. The standard InChI is InChI=1S/C24H30N6S/c1-16-9-8-12-26-23(16)30-17(2)15-19(18(30)3)22-21(20-10-6-7-11-25-20)27-24(31)29(22)14-13-28(4)5/h6-12,15,21-22H,13-14H2,1-5H3,(H,27,31). The minimum Gasteiger partial charge on any atom is -0.352 e. The molecule has 2 atom stereocenters. The molecule has 3 aromatic heterocycles. The summed E-state index contributed by atoms with van der Waals surface area (Å²) < 4.78 is 2.26. The van der Waals surface area contributed by atoms with Crippen LogP contribution < -0.4 is 5.32 Å². The number of nitrogens with one attached hydrogen (secondary N) is 1. The third kappa shape index (κ3) is 4.07. The molecule has 31 heavy (non-hydrogen) atoms. The highest BCUT2D eigenvalue weighted by atomic mass is 32.1. The third-order valence-corrected chi connectivity index (χ3v) is 6.32. The molecule has 0 aliphatic carbocycles. The molecule has 4 rings (SSSR count). The molecule has 1 N–H and O–H groups in total. The summed E-state index contributed by atoms with van der Waals surface area (Å²) in [6.07, 6.45) is 3.70. The number of hydrogen-bond donors (Lipinski definition) is 1. The first-order chi connectivity index (χ1) is 14.9. The summed E-state index contributed by atoms with van der Waals surface area (Å²) in [5.41, 5.74) is 5.76. The predicted octanol–water partition coefficient (Wildman–Crippen LogP) is 3.73. The number of nitrogens with zero attached hydrogens (tertiary/aromatic N) is 5. The molecule has 0 spiro atoms. The molecule has 0 radical (unpaired) electrons. The van der Waals surface area contributed by atoms with Crippen molar-refractivity contribution in [1.82, 2.24) is 29.7 Å². The number of likely N-dealkylation sites (N-methyl/N-ethyl adjacent to an activating group) is 1. The number of pyridine rings is 2. The van der Waals surface area contributed by atoms with E-state index in [1.807, 2.05) is 30.6 Å². The van der Waals surface area contributed by atoms with Crippen LogP contribution in [0.1, 0.15) is 40.3 Å². The van der Waals surface area contributed by atoms with E-state index >= 15 is 0 Å². The van der Waals surface area contributed by atoms with E-state index in [0.717, 1.165) is 35.3 Å². The van der Waals surface area contributed by atoms with Crippen molar-refractivity contribution in [3.8, 4) is 5.82 Å². The van der Waals surface area contributed by atoms with Crippen LogP contribution in [0.5, 0.6) is 0 Å². The van der Waals surface area contributed by atoms with Gasteiger partial charge in [0.15, 0.2) is 5.11 Å². The molecule has 0 bridgehead atoms. The fourth-order valence-corrected chi connectivity index (χ4v) is 4.75. The van der Waals surface area contributed by atoms with Gasteiger partial charge in [-0.25, -0.2) is 4.98 Å². The normalized spacial score (nSPS) is 18.6. The average molecular weight is 435 g/mol. The first-order valence-electron chi connectivity index (χ1n) is 10.6. The van der Waals surface area contributed by atoms with Gasteiger partial charge < -0.3 is 19.7 Å². The maximum absolute atomic E-state index is 5.79. The predicted molar refractivity (Wildman–Crippen MR) is 128 cm³/mol. The van der Waals surface area contributed by atoms with Crippen LogP contribution in [0.3, 0.4) is 0 Å². The van der Waals surface area contributed by atoms with Crippen LogP contribution >= 0.6 is 12.2 Å². The molecular formula is C24H30N6S. The monoisotopic (exact) mass is 434 g/mol. The average Bonchev–Trinajstić information content (AvgIpc) is 3.23. The van der Waals surface area contributed by atoms with Crippen LogP contribution in [0.4, 0.5) is 0 Å². The first-order valence-corrected chi connectivity index (χ1v) is 11.0. The lowest BCUT2D eigenvalue weighted by molar-refractivity contribution is 0.277. The molecule has 6 nitrogen and oxygen atoms in total. The van der Waals surface area contributed by atoms with Gasteiger partial charge in [-0.3, -0.25) is 4.98 Å². The van der Waals surface area contributed by atoms with Crippen molar-refractivity contribution in [2.24, 2.45) is 0 Å². The second-order valence-electron chi connectivity index (χ2n) is 8.43. The molecule has 0 saturated carbocycles. The van der Waals surface area contributed by atoms with Gasteiger partial charge in [0.2, 0.25) is 0 Å². The molecule has 4 heterocycles. The van der Waals surface area contributed by atoms with Gasteiger partial charge in [0.05, 0.1) is 17.8 Å². The molecule has 1 aliphatic heterocycles. The van der Waals surface area contributed by atoms with Crippen molar-refractivity contribution in [3.05, 3.63) is 77.0 Å². The molecule has 0 amide bonds. The Morgan fingerprint density at radius 2 is 1.84 bits per heavy atom. The van der Waals surface area contributed by atoms with Crippen LogP contribution in [0.15, 0.2) is 48.8 Å². The van der Waals surface area contributed by atoms with Crippen LogP contribution in [0.25, 0.3) is 5.82 Å². The zero-order valence-corrected chi connectivity index (χ0v) is 19.6. The van der Waals surface area contributed by atoms with Gasteiger partial charge in [-0.05, 0) is 82.5 Å². The summed E-state index contributed by atoms with van der Waals surface area (Å²) in [6, 6.07) is 12.5. The van der Waals surface area contributed by atoms with E-state index in [0.29, 0.717) is 0 Å². The van der Waals surface area contributed by atoms with Crippen molar-refractivity contribution in [1.29, 1.82) is 0 Å². The van der Waals surface area contributed by atoms with E-state index in [2.05, 4.69) is 82.7 Å². The summed E-state index contributed by atoms with van der Waals surface area (Å²) in [7, 11) is 4.18. The topological polar surface area (TPSA) is 49.2 Å². The number of hydrogen-bond acceptors (Lipinski definition) is 4. The van der Waals surface area contributed by atoms with E-state index < -0.39 is 0 Å². The molecule has 7 heteroatoms. The second-order valence-corrected chi connectivity index (χ2v) is 8.82. The fourth-order valence-electron chi connectivity index (χ4n) is 4.42. The van der Waals surface area contributed by atoms with E-state index in [1.165, 1.54) is 17.0 Å². The van der Waals surface area contributed by atoms with Gasteiger partial charge in [-0.15, -0.1) is 0 Å². The van der Waals surface area contributed by atoms with Crippen molar-refractivity contribution in [3.63, 3.8) is 0 Å². The summed E-state index contributed by atoms with van der Waals surface area (Å²) in [5.74, 6) is 0.978. The smallest absolute Gasteiger partial charge is 0.170 e. The Balaban J connectivity index is 1.82. The molecule has 0 aromatic carbocycles. The lowest BCUT2D eigenvalue weighted by Gasteiger charge is -2.29. The molecule has 1 aliphatic rings. The van der Waals surface area contributed by atoms with Crippen molar-refractivity contribution < 1.29 is 0 Å². The summed E-state index contributed by atoms with van der Waals surface area (Å²) in [5, 5.41) is 4.33. The molecule has 1 fully saturated rings. The fraction of sp³-hybridized carbons (Fsp3) is 0.375. The zero-order valence-electron chi connectivity index (χ0n) is 18.8. The first kappa shape index (κ1) is 21.5. The molecule has 162 valence electrons. The Bertz CT molecular complexity index is 1070. The van der Waals surface area contributed by atoms with Crippen molar-refractivity contribution >= 4 is 17.3 Å². The number of rotatable bonds is 6.